The molecule has 3 nitrogen and oxygen atoms in total. The van der Waals surface area contributed by atoms with Crippen molar-refractivity contribution in [1.82, 2.24) is 15.1 Å². The number of allylic oxidation sites excluding steroid dienone is 5. The van der Waals surface area contributed by atoms with Crippen LogP contribution in [0.5, 0.6) is 0 Å². The van der Waals surface area contributed by atoms with Gasteiger partial charge in [0.25, 0.3) is 0 Å². The molecule has 3 unspecified atom stereocenters. The minimum atomic E-state index is 0.296. The smallest absolute Gasteiger partial charge is 0.0593 e. The molecular formula is C24H34ClN3. The van der Waals surface area contributed by atoms with Crippen LogP contribution in [-0.4, -0.2) is 55.1 Å². The van der Waals surface area contributed by atoms with E-state index in [0.29, 0.717) is 23.9 Å². The van der Waals surface area contributed by atoms with Gasteiger partial charge in [0.15, 0.2) is 0 Å². The van der Waals surface area contributed by atoms with Crippen LogP contribution in [0.2, 0.25) is 0 Å². The molecule has 2 heterocycles. The van der Waals surface area contributed by atoms with E-state index in [1.165, 1.54) is 42.8 Å². The van der Waals surface area contributed by atoms with Crippen LogP contribution in [0.25, 0.3) is 0 Å². The summed E-state index contributed by atoms with van der Waals surface area (Å²) in [5, 5.41) is 4.64. The molecule has 0 aromatic rings. The monoisotopic (exact) mass is 399 g/mol. The van der Waals surface area contributed by atoms with E-state index in [-0.39, 0.29) is 0 Å². The molecule has 2 fully saturated rings. The Morgan fingerprint density at radius 3 is 2.82 bits per heavy atom. The molecule has 2 saturated heterocycles. The van der Waals surface area contributed by atoms with Gasteiger partial charge in [-0.2, -0.15) is 0 Å². The summed E-state index contributed by atoms with van der Waals surface area (Å²) in [7, 11) is 2.22. The maximum atomic E-state index is 6.39. The van der Waals surface area contributed by atoms with E-state index < -0.39 is 0 Å². The van der Waals surface area contributed by atoms with Crippen LogP contribution in [0.4, 0.5) is 0 Å². The first-order valence-electron chi connectivity index (χ1n) is 10.9. The van der Waals surface area contributed by atoms with E-state index >= 15 is 0 Å². The molecule has 0 saturated carbocycles. The molecule has 4 aliphatic rings. The largest absolute Gasteiger partial charge is 0.364 e. The number of rotatable bonds is 5. The van der Waals surface area contributed by atoms with Gasteiger partial charge in [-0.15, -0.1) is 0 Å². The van der Waals surface area contributed by atoms with Crippen LogP contribution in [0.1, 0.15) is 32.6 Å². The summed E-state index contributed by atoms with van der Waals surface area (Å²) in [5.41, 5.74) is 3.99. The highest BCUT2D eigenvalue weighted by atomic mass is 35.5. The minimum Gasteiger partial charge on any atom is -0.364 e. The van der Waals surface area contributed by atoms with Crippen LogP contribution < -0.4 is 5.32 Å². The molecule has 0 radical (unpaired) electrons. The standard InChI is InChI=1S/C24H34ClN3/c1-17-5-8-23-22(15-17)18(2)21-7-6-19(25)16-24(21)28(23)12-4-11-26-20-9-13-27(3)14-10-20/h6-8,15-17,20-21,24,26H,2,4-5,9-14H2,1,3H3. The molecule has 3 atom stereocenters. The number of halogens is 1. The van der Waals surface area contributed by atoms with Crippen LogP contribution >= 0.6 is 11.6 Å². The fraction of sp³-hybridized carbons (Fsp3) is 0.583. The number of nitrogens with zero attached hydrogens (tertiary/aromatic N) is 2. The Labute approximate surface area is 175 Å². The number of piperidine rings is 2. The SMILES string of the molecule is C=C1C2=CC(C)CC=C2N(CCCNC2CCN(C)CC2)C2C=C(Cl)C=CC12. The Morgan fingerprint density at radius 1 is 1.25 bits per heavy atom. The lowest BCUT2D eigenvalue weighted by Gasteiger charge is -2.47. The summed E-state index contributed by atoms with van der Waals surface area (Å²) in [6, 6.07) is 0.979. The Hall–Kier alpha value is -1.29. The van der Waals surface area contributed by atoms with Crippen LogP contribution in [0.3, 0.4) is 0 Å². The molecule has 28 heavy (non-hydrogen) atoms. The van der Waals surface area contributed by atoms with Crippen molar-refractivity contribution >= 4 is 11.6 Å². The second kappa shape index (κ2) is 8.61. The maximum absolute atomic E-state index is 6.39. The van der Waals surface area contributed by atoms with Gasteiger partial charge in [-0.05, 0) is 81.6 Å². The van der Waals surface area contributed by atoms with Crippen molar-refractivity contribution in [3.63, 3.8) is 0 Å². The molecule has 2 aliphatic heterocycles. The first-order valence-corrected chi connectivity index (χ1v) is 11.3. The van der Waals surface area contributed by atoms with E-state index in [4.69, 9.17) is 11.6 Å². The van der Waals surface area contributed by atoms with Crippen molar-refractivity contribution in [2.24, 2.45) is 11.8 Å². The van der Waals surface area contributed by atoms with Gasteiger partial charge in [-0.3, -0.25) is 0 Å². The van der Waals surface area contributed by atoms with Gasteiger partial charge < -0.3 is 15.1 Å². The molecule has 0 bridgehead atoms. The number of fused-ring (bicyclic) bond motifs is 2. The summed E-state index contributed by atoms with van der Waals surface area (Å²) < 4.78 is 0. The molecule has 152 valence electrons. The number of nitrogens with one attached hydrogen (secondary N) is 1. The lowest BCUT2D eigenvalue weighted by molar-refractivity contribution is 0.223. The van der Waals surface area contributed by atoms with Gasteiger partial charge in [0, 0.05) is 29.2 Å². The normalized spacial score (nSPS) is 31.1. The maximum Gasteiger partial charge on any atom is 0.0593 e. The predicted octanol–water partition coefficient (Wildman–Crippen LogP) is 4.46. The molecule has 4 heteroatoms. The predicted molar refractivity (Wildman–Crippen MR) is 119 cm³/mol. The molecule has 4 rings (SSSR count). The van der Waals surface area contributed by atoms with Crippen LogP contribution in [0.15, 0.2) is 58.8 Å². The molecule has 2 aliphatic carbocycles. The molecule has 0 spiro atoms. The van der Waals surface area contributed by atoms with E-state index in [0.717, 1.165) is 31.0 Å². The van der Waals surface area contributed by atoms with Crippen molar-refractivity contribution in [3.05, 3.63) is 58.8 Å². The van der Waals surface area contributed by atoms with E-state index in [1.807, 2.05) is 6.08 Å². The molecule has 0 aromatic heterocycles. The van der Waals surface area contributed by atoms with Gasteiger partial charge in [0.1, 0.15) is 0 Å². The van der Waals surface area contributed by atoms with Crippen molar-refractivity contribution < 1.29 is 0 Å². The average molecular weight is 400 g/mol. The fourth-order valence-electron chi connectivity index (χ4n) is 5.00. The lowest BCUT2D eigenvalue weighted by atomic mass is 9.75. The zero-order valence-corrected chi connectivity index (χ0v) is 18.1. The summed E-state index contributed by atoms with van der Waals surface area (Å²) in [5.74, 6) is 0.921. The first-order chi connectivity index (χ1) is 13.5. The zero-order valence-electron chi connectivity index (χ0n) is 17.3. The van der Waals surface area contributed by atoms with Crippen LogP contribution in [0, 0.1) is 11.8 Å². The molecule has 1 N–H and O–H groups in total. The van der Waals surface area contributed by atoms with Crippen molar-refractivity contribution in [2.75, 3.05) is 33.2 Å². The van der Waals surface area contributed by atoms with E-state index in [2.05, 4.69) is 60.0 Å². The fourth-order valence-corrected chi connectivity index (χ4v) is 5.21. The van der Waals surface area contributed by atoms with Crippen molar-refractivity contribution in [3.8, 4) is 0 Å². The summed E-state index contributed by atoms with van der Waals surface area (Å²) in [6.45, 7) is 11.3. The van der Waals surface area contributed by atoms with Gasteiger partial charge in [-0.1, -0.05) is 43.3 Å². The zero-order chi connectivity index (χ0) is 19.7. The molecular weight excluding hydrogens is 366 g/mol. The van der Waals surface area contributed by atoms with E-state index in [1.54, 1.807) is 0 Å². The summed E-state index contributed by atoms with van der Waals surface area (Å²) >= 11 is 6.39. The second-order valence-electron chi connectivity index (χ2n) is 8.91. The Bertz CT molecular complexity index is 724. The van der Waals surface area contributed by atoms with Gasteiger partial charge in [-0.25, -0.2) is 0 Å². The van der Waals surface area contributed by atoms with Gasteiger partial charge >= 0.3 is 0 Å². The number of likely N-dealkylation sites (tertiary alicyclic amines) is 2. The van der Waals surface area contributed by atoms with Crippen molar-refractivity contribution in [1.29, 1.82) is 0 Å². The highest BCUT2D eigenvalue weighted by Gasteiger charge is 2.38. The summed E-state index contributed by atoms with van der Waals surface area (Å²) in [4.78, 5) is 5.01. The number of hydrogen-bond acceptors (Lipinski definition) is 3. The lowest BCUT2D eigenvalue weighted by Crippen LogP contribution is -2.47. The number of hydrogen-bond donors (Lipinski definition) is 1. The third-order valence-corrected chi connectivity index (χ3v) is 6.97. The third-order valence-electron chi connectivity index (χ3n) is 6.72. The van der Waals surface area contributed by atoms with Gasteiger partial charge in [0.2, 0.25) is 0 Å². The highest BCUT2D eigenvalue weighted by Crippen LogP contribution is 2.44. The third kappa shape index (κ3) is 4.17. The van der Waals surface area contributed by atoms with Gasteiger partial charge in [0.05, 0.1) is 6.04 Å². The Kier molecular flexibility index (Phi) is 6.15. The van der Waals surface area contributed by atoms with E-state index in [9.17, 15) is 0 Å². The van der Waals surface area contributed by atoms with Crippen molar-refractivity contribution in [2.45, 2.75) is 44.7 Å². The Morgan fingerprint density at radius 2 is 2.04 bits per heavy atom. The molecule has 0 aromatic carbocycles. The first kappa shape index (κ1) is 20.0. The average Bonchev–Trinajstić information content (AvgIpc) is 2.69. The summed E-state index contributed by atoms with van der Waals surface area (Å²) in [6.07, 6.45) is 16.1. The second-order valence-corrected chi connectivity index (χ2v) is 9.35. The quantitative estimate of drug-likeness (QED) is 0.688. The molecule has 0 amide bonds. The van der Waals surface area contributed by atoms with Crippen LogP contribution in [-0.2, 0) is 0 Å². The minimum absolute atomic E-state index is 0.296. The topological polar surface area (TPSA) is 18.5 Å². The Balaban J connectivity index is 1.42. The highest BCUT2D eigenvalue weighted by molar-refractivity contribution is 6.31.